The number of anilines is 1. The van der Waals surface area contributed by atoms with Crippen molar-refractivity contribution in [2.24, 2.45) is 0 Å². The van der Waals surface area contributed by atoms with Crippen LogP contribution in [0.4, 0.5) is 5.69 Å². The Kier molecular flexibility index (Phi) is 10.7. The molecule has 0 saturated carbocycles. The van der Waals surface area contributed by atoms with Crippen LogP contribution in [-0.2, 0) is 25.5 Å². The second-order valence-corrected chi connectivity index (χ2v) is 12.2. The molecule has 0 aliphatic carbocycles. The monoisotopic (exact) mass is 679 g/mol. The number of ketones is 1. The van der Waals surface area contributed by atoms with E-state index in [0.717, 1.165) is 51.4 Å². The Morgan fingerprint density at radius 3 is 2.24 bits per heavy atom. The van der Waals surface area contributed by atoms with Gasteiger partial charge in [0.1, 0.15) is 17.9 Å². The summed E-state index contributed by atoms with van der Waals surface area (Å²) in [4.78, 5) is 66.8. The lowest BCUT2D eigenvalue weighted by molar-refractivity contribution is -0.143. The number of benzene rings is 3. The molecule has 50 heavy (non-hydrogen) atoms. The number of fused-ring (bicyclic) bond motifs is 5. The van der Waals surface area contributed by atoms with Gasteiger partial charge >= 0.3 is 17.6 Å². The topological polar surface area (TPSA) is 167 Å². The molecular formula is C38H37N3O9. The summed E-state index contributed by atoms with van der Waals surface area (Å²) in [6, 6.07) is 17.6. The van der Waals surface area contributed by atoms with Crippen molar-refractivity contribution < 1.29 is 33.4 Å². The summed E-state index contributed by atoms with van der Waals surface area (Å²) < 4.78 is 17.1. The van der Waals surface area contributed by atoms with Gasteiger partial charge in [-0.3, -0.25) is 23.7 Å². The molecule has 6 rings (SSSR count). The van der Waals surface area contributed by atoms with Crippen LogP contribution in [0, 0.1) is 0 Å². The molecule has 0 atom stereocenters. The summed E-state index contributed by atoms with van der Waals surface area (Å²) in [5.41, 5.74) is 1.74. The van der Waals surface area contributed by atoms with Gasteiger partial charge in [-0.2, -0.15) is 0 Å². The molecule has 3 heterocycles. The first-order valence-electron chi connectivity index (χ1n) is 16.8. The van der Waals surface area contributed by atoms with Crippen molar-refractivity contribution in [2.75, 3.05) is 25.1 Å². The van der Waals surface area contributed by atoms with Gasteiger partial charge < -0.3 is 24.3 Å². The van der Waals surface area contributed by atoms with E-state index in [9.17, 15) is 29.1 Å². The summed E-state index contributed by atoms with van der Waals surface area (Å²) in [6.07, 6.45) is 7.54. The fourth-order valence-electron chi connectivity index (χ4n) is 6.09. The van der Waals surface area contributed by atoms with Crippen molar-refractivity contribution >= 4 is 45.3 Å². The third-order valence-corrected chi connectivity index (χ3v) is 8.61. The minimum atomic E-state index is -0.590. The number of hydrogen-bond donors (Lipinski definition) is 2. The van der Waals surface area contributed by atoms with E-state index in [1.54, 1.807) is 48.5 Å². The predicted octanol–water partition coefficient (Wildman–Crippen LogP) is 5.60. The van der Waals surface area contributed by atoms with Crippen molar-refractivity contribution in [3.8, 4) is 11.4 Å². The van der Waals surface area contributed by atoms with E-state index in [4.69, 9.17) is 13.9 Å². The Morgan fingerprint density at radius 1 is 0.780 bits per heavy atom. The molecule has 12 heteroatoms. The molecule has 0 bridgehead atoms. The Labute approximate surface area is 286 Å². The van der Waals surface area contributed by atoms with Crippen molar-refractivity contribution in [3.63, 3.8) is 0 Å². The Morgan fingerprint density at radius 2 is 1.48 bits per heavy atom. The van der Waals surface area contributed by atoms with Gasteiger partial charge in [-0.25, -0.2) is 9.78 Å². The van der Waals surface area contributed by atoms with Crippen molar-refractivity contribution in [3.05, 3.63) is 104 Å². The molecule has 0 fully saturated rings. The maximum absolute atomic E-state index is 13.3. The van der Waals surface area contributed by atoms with E-state index in [0.29, 0.717) is 52.0 Å². The largest absolute Gasteiger partial charge is 0.508 e. The van der Waals surface area contributed by atoms with Gasteiger partial charge in [0.05, 0.1) is 41.8 Å². The second kappa shape index (κ2) is 15.6. The normalized spacial score (nSPS) is 11.8. The number of unbranched alkanes of at least 4 members (excludes halogenated alkanes) is 7. The lowest BCUT2D eigenvalue weighted by Gasteiger charge is -2.09. The highest BCUT2D eigenvalue weighted by molar-refractivity contribution is 6.13. The number of nitrogens with one attached hydrogen (secondary N) is 1. The zero-order valence-corrected chi connectivity index (χ0v) is 27.4. The van der Waals surface area contributed by atoms with Crippen LogP contribution in [-0.4, -0.2) is 52.1 Å². The molecule has 0 saturated heterocycles. The molecule has 0 unspecified atom stereocenters. The molecule has 2 N–H and O–H groups in total. The summed E-state index contributed by atoms with van der Waals surface area (Å²) in [7, 11) is 0. The third-order valence-electron chi connectivity index (χ3n) is 8.61. The van der Waals surface area contributed by atoms with Gasteiger partial charge in [0.25, 0.3) is 5.56 Å². The number of rotatable bonds is 16. The van der Waals surface area contributed by atoms with E-state index in [2.05, 4.69) is 10.3 Å². The number of hydrogen-bond acceptors (Lipinski definition) is 11. The molecule has 1 aliphatic heterocycles. The summed E-state index contributed by atoms with van der Waals surface area (Å²) in [5, 5.41) is 13.5. The smallest absolute Gasteiger partial charge is 0.336 e. The highest BCUT2D eigenvalue weighted by atomic mass is 16.5. The number of ether oxygens (including phenoxy) is 2. The molecule has 0 spiro atoms. The van der Waals surface area contributed by atoms with E-state index in [1.165, 1.54) is 22.8 Å². The molecule has 3 aromatic carbocycles. The van der Waals surface area contributed by atoms with Crippen LogP contribution in [0.3, 0.4) is 0 Å². The number of aromatic hydroxyl groups is 1. The zero-order chi connectivity index (χ0) is 35.0. The minimum Gasteiger partial charge on any atom is -0.508 e. The first kappa shape index (κ1) is 34.1. The number of phenols is 1. The molecule has 0 amide bonds. The Balaban J connectivity index is 0.815. The van der Waals surface area contributed by atoms with Gasteiger partial charge in [0.2, 0.25) is 5.78 Å². The van der Waals surface area contributed by atoms with E-state index < -0.39 is 17.6 Å². The SMILES string of the molecule is O=C(CNc1ccc2nc3n(c(=O)c2c1)-c1ccccc1C3=O)OCCCCCCCCCCOC(=O)Cc1cc(=O)oc2cc(O)ccc12. The molecule has 1 aliphatic rings. The number of carbonyl (C=O) groups is 3. The quantitative estimate of drug-likeness (QED) is 0.0742. The fraction of sp³-hybridized carbons (Fsp3) is 0.316. The third kappa shape index (κ3) is 7.91. The summed E-state index contributed by atoms with van der Waals surface area (Å²) >= 11 is 0. The predicted molar refractivity (Wildman–Crippen MR) is 186 cm³/mol. The molecular weight excluding hydrogens is 642 g/mol. The summed E-state index contributed by atoms with van der Waals surface area (Å²) in [6.45, 7) is 0.600. The number of aromatic nitrogens is 2. The fourth-order valence-corrected chi connectivity index (χ4v) is 6.09. The van der Waals surface area contributed by atoms with E-state index in [1.807, 2.05) is 0 Å². The lowest BCUT2D eigenvalue weighted by atomic mass is 10.1. The molecule has 12 nitrogen and oxygen atoms in total. The Bertz CT molecular complexity index is 2190. The number of para-hydroxylation sites is 1. The van der Waals surface area contributed by atoms with Crippen LogP contribution in [0.5, 0.6) is 5.75 Å². The Hall–Kier alpha value is -5.78. The molecule has 258 valence electrons. The first-order chi connectivity index (χ1) is 24.3. The highest BCUT2D eigenvalue weighted by Crippen LogP contribution is 2.27. The standard InChI is InChI=1S/C38H37N3O9/c42-26-14-15-27-24(20-34(44)50-32(27)22-26)19-33(43)48-17-9-5-3-1-2-4-6-10-18-49-35(45)23-39-25-13-16-30-29(21-25)38(47)41-31-12-8-7-11-28(31)36(46)37(41)40-30/h7-8,11-16,20-22,39,42H,1-6,9-10,17-19,23H2. The average molecular weight is 680 g/mol. The van der Waals surface area contributed by atoms with Crippen LogP contribution in [0.2, 0.25) is 0 Å². The molecule has 0 radical (unpaired) electrons. The van der Waals surface area contributed by atoms with E-state index in [-0.39, 0.29) is 41.5 Å². The maximum Gasteiger partial charge on any atom is 0.336 e. The van der Waals surface area contributed by atoms with Gasteiger partial charge in [-0.15, -0.1) is 0 Å². The van der Waals surface area contributed by atoms with Gasteiger partial charge in [0, 0.05) is 23.2 Å². The highest BCUT2D eigenvalue weighted by Gasteiger charge is 2.29. The molecule has 2 aromatic heterocycles. The lowest BCUT2D eigenvalue weighted by Crippen LogP contribution is -2.22. The molecule has 5 aromatic rings. The van der Waals surface area contributed by atoms with Crippen LogP contribution in [0.1, 0.15) is 73.1 Å². The number of esters is 2. The van der Waals surface area contributed by atoms with Crippen molar-refractivity contribution in [2.45, 2.75) is 57.8 Å². The van der Waals surface area contributed by atoms with Crippen molar-refractivity contribution in [1.29, 1.82) is 0 Å². The van der Waals surface area contributed by atoms with Gasteiger partial charge in [-0.1, -0.05) is 50.7 Å². The zero-order valence-electron chi connectivity index (χ0n) is 27.4. The van der Waals surface area contributed by atoms with Gasteiger partial charge in [0.15, 0.2) is 5.82 Å². The number of carbonyl (C=O) groups excluding carboxylic acids is 3. The number of phenolic OH excluding ortho intramolecular Hbond substituents is 1. The van der Waals surface area contributed by atoms with Crippen molar-refractivity contribution in [1.82, 2.24) is 9.55 Å². The average Bonchev–Trinajstić information content (AvgIpc) is 3.39. The maximum atomic E-state index is 13.3. The van der Waals surface area contributed by atoms with Crippen LogP contribution < -0.4 is 16.5 Å². The second-order valence-electron chi connectivity index (χ2n) is 12.2. The first-order valence-corrected chi connectivity index (χ1v) is 16.8. The van der Waals surface area contributed by atoms with Crippen LogP contribution >= 0.6 is 0 Å². The van der Waals surface area contributed by atoms with E-state index >= 15 is 0 Å². The minimum absolute atomic E-state index is 0.0264. The van der Waals surface area contributed by atoms with Gasteiger partial charge in [-0.05, 0) is 60.9 Å². The number of nitrogens with zero attached hydrogens (tertiary/aromatic N) is 2. The van der Waals surface area contributed by atoms with Crippen LogP contribution in [0.25, 0.3) is 27.6 Å². The van der Waals surface area contributed by atoms with Crippen LogP contribution in [0.15, 0.2) is 80.7 Å². The summed E-state index contributed by atoms with van der Waals surface area (Å²) in [5.74, 6) is -1.02.